The Bertz CT molecular complexity index is 1260. The van der Waals surface area contributed by atoms with E-state index in [2.05, 4.69) is 20.5 Å². The van der Waals surface area contributed by atoms with Gasteiger partial charge in [-0.3, -0.25) is 14.6 Å². The zero-order chi connectivity index (χ0) is 23.1. The number of halogens is 1. The molecule has 33 heavy (non-hydrogen) atoms. The van der Waals surface area contributed by atoms with Crippen molar-refractivity contribution in [2.24, 2.45) is 10.3 Å². The first-order chi connectivity index (χ1) is 16.0. The van der Waals surface area contributed by atoms with Gasteiger partial charge in [-0.15, -0.1) is 0 Å². The van der Waals surface area contributed by atoms with Crippen LogP contribution in [0.1, 0.15) is 5.89 Å². The standard InChI is InChI=1S/C21H17ClN6O5/c1-31-12-7-11(8-13(9-12)32-2)28-20(29)17-18(21(28)30)27(26-24-17)10-16-23-19(25-33-16)14-5-3-4-6-15(14)22/h3-9,17-18H,10H2,1-2H3. The van der Waals surface area contributed by atoms with E-state index in [1.807, 2.05) is 6.07 Å². The number of rotatable bonds is 6. The van der Waals surface area contributed by atoms with Crippen LogP contribution < -0.4 is 14.4 Å². The van der Waals surface area contributed by atoms with E-state index in [4.69, 9.17) is 25.6 Å². The molecule has 0 radical (unpaired) electrons. The van der Waals surface area contributed by atoms with Crippen molar-refractivity contribution in [3.05, 3.63) is 53.4 Å². The van der Waals surface area contributed by atoms with E-state index in [0.717, 1.165) is 4.90 Å². The van der Waals surface area contributed by atoms with Crippen molar-refractivity contribution in [2.45, 2.75) is 18.6 Å². The number of nitrogens with zero attached hydrogens (tertiary/aromatic N) is 6. The van der Waals surface area contributed by atoms with Crippen LogP contribution in [0.15, 0.2) is 57.3 Å². The second-order valence-corrected chi connectivity index (χ2v) is 7.67. The topological polar surface area (TPSA) is 123 Å². The van der Waals surface area contributed by atoms with Gasteiger partial charge >= 0.3 is 0 Å². The summed E-state index contributed by atoms with van der Waals surface area (Å²) in [6.45, 7) is -0.00356. The summed E-state index contributed by atoms with van der Waals surface area (Å²) in [6, 6.07) is 9.99. The second kappa shape index (κ2) is 8.17. The van der Waals surface area contributed by atoms with Crippen molar-refractivity contribution < 1.29 is 23.6 Å². The number of ether oxygens (including phenoxy) is 2. The Morgan fingerprint density at radius 3 is 2.48 bits per heavy atom. The summed E-state index contributed by atoms with van der Waals surface area (Å²) in [4.78, 5) is 31.6. The van der Waals surface area contributed by atoms with Crippen LogP contribution >= 0.6 is 11.6 Å². The molecule has 0 bridgehead atoms. The predicted molar refractivity (Wildman–Crippen MR) is 115 cm³/mol. The third kappa shape index (κ3) is 3.55. The summed E-state index contributed by atoms with van der Waals surface area (Å²) in [5, 5.41) is 13.8. The van der Waals surface area contributed by atoms with E-state index in [-0.39, 0.29) is 12.4 Å². The van der Waals surface area contributed by atoms with Gasteiger partial charge in [0.1, 0.15) is 18.0 Å². The fourth-order valence-corrected chi connectivity index (χ4v) is 3.96. The Morgan fingerprint density at radius 1 is 1.06 bits per heavy atom. The zero-order valence-electron chi connectivity index (χ0n) is 17.5. The first-order valence-corrected chi connectivity index (χ1v) is 10.2. The molecule has 0 spiro atoms. The van der Waals surface area contributed by atoms with Gasteiger partial charge in [-0.2, -0.15) is 10.1 Å². The molecule has 5 rings (SSSR count). The van der Waals surface area contributed by atoms with Crippen molar-refractivity contribution in [1.82, 2.24) is 15.1 Å². The molecule has 11 nitrogen and oxygen atoms in total. The number of amides is 2. The Kier molecular flexibility index (Phi) is 5.17. The number of anilines is 1. The van der Waals surface area contributed by atoms with E-state index >= 15 is 0 Å². The molecule has 0 saturated carbocycles. The van der Waals surface area contributed by atoms with Crippen LogP contribution in [0, 0.1) is 0 Å². The van der Waals surface area contributed by atoms with E-state index in [0.29, 0.717) is 33.6 Å². The SMILES string of the molecule is COc1cc(OC)cc(N2C(=O)C3N=NN(Cc4nc(-c5ccccc5Cl)no4)C3C2=O)c1. The minimum absolute atomic E-state index is 0.00356. The number of aromatic nitrogens is 2. The van der Waals surface area contributed by atoms with E-state index in [1.54, 1.807) is 36.4 Å². The first-order valence-electron chi connectivity index (χ1n) is 9.86. The molecule has 2 atom stereocenters. The Balaban J connectivity index is 1.39. The van der Waals surface area contributed by atoms with Crippen LogP contribution in [-0.2, 0) is 16.1 Å². The van der Waals surface area contributed by atoms with E-state index in [9.17, 15) is 9.59 Å². The number of carbonyl (C=O) groups excluding carboxylic acids is 2. The highest BCUT2D eigenvalue weighted by atomic mass is 35.5. The summed E-state index contributed by atoms with van der Waals surface area (Å²) in [7, 11) is 2.97. The van der Waals surface area contributed by atoms with Crippen molar-refractivity contribution in [2.75, 3.05) is 19.1 Å². The molecule has 1 aromatic heterocycles. The summed E-state index contributed by atoms with van der Waals surface area (Å²) in [6.07, 6.45) is 0. The van der Waals surface area contributed by atoms with Crippen molar-refractivity contribution in [1.29, 1.82) is 0 Å². The van der Waals surface area contributed by atoms with Gasteiger partial charge in [0.2, 0.25) is 11.7 Å². The summed E-state index contributed by atoms with van der Waals surface area (Å²) < 4.78 is 15.8. The maximum atomic E-state index is 13.2. The number of fused-ring (bicyclic) bond motifs is 1. The minimum Gasteiger partial charge on any atom is -0.497 e. The molecular weight excluding hydrogens is 452 g/mol. The van der Waals surface area contributed by atoms with Crippen LogP contribution in [0.4, 0.5) is 5.69 Å². The molecule has 0 N–H and O–H groups in total. The molecular formula is C21H17ClN6O5. The fourth-order valence-electron chi connectivity index (χ4n) is 3.74. The minimum atomic E-state index is -0.972. The highest BCUT2D eigenvalue weighted by Gasteiger charge is 2.55. The van der Waals surface area contributed by atoms with Crippen molar-refractivity contribution in [3.63, 3.8) is 0 Å². The smallest absolute Gasteiger partial charge is 0.263 e. The Hall–Kier alpha value is -3.99. The lowest BCUT2D eigenvalue weighted by atomic mass is 10.1. The molecule has 0 aliphatic carbocycles. The number of hydrogen-bond acceptors (Lipinski definition) is 10. The lowest BCUT2D eigenvalue weighted by Gasteiger charge is -2.20. The molecule has 1 saturated heterocycles. The lowest BCUT2D eigenvalue weighted by molar-refractivity contribution is -0.123. The molecule has 12 heteroatoms. The van der Waals surface area contributed by atoms with Crippen LogP contribution in [0.25, 0.3) is 11.4 Å². The predicted octanol–water partition coefficient (Wildman–Crippen LogP) is 2.90. The highest BCUT2D eigenvalue weighted by Crippen LogP contribution is 2.36. The molecule has 2 aliphatic rings. The molecule has 1 fully saturated rings. The number of hydrogen-bond donors (Lipinski definition) is 0. The number of imide groups is 1. The lowest BCUT2D eigenvalue weighted by Crippen LogP contribution is -2.39. The van der Waals surface area contributed by atoms with Gasteiger partial charge in [0.15, 0.2) is 12.1 Å². The molecule has 2 aliphatic heterocycles. The third-order valence-corrected chi connectivity index (χ3v) is 5.66. The number of methoxy groups -OCH3 is 2. The van der Waals surface area contributed by atoms with E-state index in [1.165, 1.54) is 19.2 Å². The Labute approximate surface area is 192 Å². The fraction of sp³-hybridized carbons (Fsp3) is 0.238. The van der Waals surface area contributed by atoms with Gasteiger partial charge in [0, 0.05) is 23.8 Å². The monoisotopic (exact) mass is 468 g/mol. The third-order valence-electron chi connectivity index (χ3n) is 5.33. The molecule has 3 heterocycles. The van der Waals surface area contributed by atoms with Crippen molar-refractivity contribution in [3.8, 4) is 22.9 Å². The van der Waals surface area contributed by atoms with E-state index < -0.39 is 23.9 Å². The van der Waals surface area contributed by atoms with Gasteiger partial charge in [0.05, 0.1) is 24.9 Å². The molecule has 2 amide bonds. The summed E-state index contributed by atoms with van der Waals surface area (Å²) in [5.41, 5.74) is 0.935. The quantitative estimate of drug-likeness (QED) is 0.506. The summed E-state index contributed by atoms with van der Waals surface area (Å²) in [5.74, 6) is 0.426. The largest absolute Gasteiger partial charge is 0.497 e. The molecule has 3 aromatic rings. The van der Waals surface area contributed by atoms with Crippen LogP contribution in [-0.4, -0.2) is 53.3 Å². The zero-order valence-corrected chi connectivity index (χ0v) is 18.3. The average molecular weight is 469 g/mol. The number of carbonyl (C=O) groups is 2. The Morgan fingerprint density at radius 2 is 1.79 bits per heavy atom. The van der Waals surface area contributed by atoms with Gasteiger partial charge in [-0.25, -0.2) is 4.90 Å². The maximum absolute atomic E-state index is 13.2. The van der Waals surface area contributed by atoms with Gasteiger partial charge < -0.3 is 14.0 Å². The van der Waals surface area contributed by atoms with Gasteiger partial charge in [-0.1, -0.05) is 34.1 Å². The normalized spacial score (nSPS) is 19.4. The average Bonchev–Trinajstić information content (AvgIpc) is 3.52. The van der Waals surface area contributed by atoms with Crippen molar-refractivity contribution >= 4 is 29.1 Å². The molecule has 2 aromatic carbocycles. The van der Waals surface area contributed by atoms with Crippen LogP contribution in [0.3, 0.4) is 0 Å². The first kappa shape index (κ1) is 20.9. The highest BCUT2D eigenvalue weighted by molar-refractivity contribution is 6.33. The summed E-state index contributed by atoms with van der Waals surface area (Å²) >= 11 is 6.19. The van der Waals surface area contributed by atoms with Gasteiger partial charge in [-0.05, 0) is 12.1 Å². The maximum Gasteiger partial charge on any atom is 0.263 e. The van der Waals surface area contributed by atoms with Crippen LogP contribution in [0.2, 0.25) is 5.02 Å². The number of benzene rings is 2. The van der Waals surface area contributed by atoms with Crippen LogP contribution in [0.5, 0.6) is 11.5 Å². The molecule has 168 valence electrons. The molecule has 2 unspecified atom stereocenters. The van der Waals surface area contributed by atoms with Gasteiger partial charge in [0.25, 0.3) is 11.8 Å². The second-order valence-electron chi connectivity index (χ2n) is 7.27.